The van der Waals surface area contributed by atoms with Crippen LogP contribution in [0.3, 0.4) is 0 Å². The lowest BCUT2D eigenvalue weighted by Gasteiger charge is -2.06. The largest absolute Gasteiger partial charge is 0.365 e. The Hall–Kier alpha value is -1.26. The number of rotatable bonds is 3. The number of nitrogens with two attached hydrogens (primary N) is 1. The van der Waals surface area contributed by atoms with Crippen molar-refractivity contribution in [3.05, 3.63) is 0 Å². The van der Waals surface area contributed by atoms with Crippen molar-refractivity contribution < 1.29 is 4.52 Å². The molecule has 0 saturated heterocycles. The van der Waals surface area contributed by atoms with Crippen LogP contribution < -0.4 is 11.1 Å². The molecule has 0 spiro atoms. The second-order valence-electron chi connectivity index (χ2n) is 2.41. The van der Waals surface area contributed by atoms with Crippen LogP contribution in [0.2, 0.25) is 0 Å². The van der Waals surface area contributed by atoms with Gasteiger partial charge < -0.3 is 15.6 Å². The van der Waals surface area contributed by atoms with Crippen LogP contribution in [-0.4, -0.2) is 16.2 Å². The summed E-state index contributed by atoms with van der Waals surface area (Å²) in [5.74, 6) is 0.163. The molecule has 11 heavy (non-hydrogen) atoms. The van der Waals surface area contributed by atoms with Crippen molar-refractivity contribution in [3.63, 3.8) is 0 Å². The lowest BCUT2D eigenvalue weighted by molar-refractivity contribution is 0.428. The number of nitrogen functional groups attached to an aromatic ring is 1. The smallest absolute Gasteiger partial charge is 0.323 e. The average molecular weight is 156 g/mol. The number of hydrogen-bond acceptors (Lipinski definition) is 5. The first-order valence-corrected chi connectivity index (χ1v) is 3.58. The highest BCUT2D eigenvalue weighted by molar-refractivity contribution is 5.26. The van der Waals surface area contributed by atoms with Crippen LogP contribution in [0, 0.1) is 0 Å². The van der Waals surface area contributed by atoms with Crippen molar-refractivity contribution in [1.29, 1.82) is 0 Å². The number of nitrogens with one attached hydrogen (secondary N) is 1. The van der Waals surface area contributed by atoms with Crippen molar-refractivity contribution in [2.75, 3.05) is 11.1 Å². The van der Waals surface area contributed by atoms with E-state index >= 15 is 0 Å². The zero-order chi connectivity index (χ0) is 8.27. The van der Waals surface area contributed by atoms with Crippen LogP contribution in [0.4, 0.5) is 12.0 Å². The standard InChI is InChI=1S/C6H12N4O/c1-3-4(2)8-6-9-5(7)10-11-6/h4H,3H2,1-2H3,(H3,7,8,9,10). The van der Waals surface area contributed by atoms with E-state index in [1.807, 2.05) is 6.92 Å². The summed E-state index contributed by atoms with van der Waals surface area (Å²) in [5.41, 5.74) is 5.24. The molecule has 0 aliphatic rings. The van der Waals surface area contributed by atoms with E-state index < -0.39 is 0 Å². The van der Waals surface area contributed by atoms with Crippen molar-refractivity contribution in [2.24, 2.45) is 0 Å². The second-order valence-corrected chi connectivity index (χ2v) is 2.41. The van der Waals surface area contributed by atoms with Gasteiger partial charge in [0.1, 0.15) is 0 Å². The van der Waals surface area contributed by atoms with Crippen LogP contribution >= 0.6 is 0 Å². The van der Waals surface area contributed by atoms with E-state index in [0.717, 1.165) is 6.42 Å². The summed E-state index contributed by atoms with van der Waals surface area (Å²) in [6, 6.07) is 0.715. The Labute approximate surface area is 65.0 Å². The Balaban J connectivity index is 2.50. The summed E-state index contributed by atoms with van der Waals surface area (Å²) in [7, 11) is 0. The zero-order valence-electron chi connectivity index (χ0n) is 6.66. The van der Waals surface area contributed by atoms with Crippen LogP contribution in [0.5, 0.6) is 0 Å². The fraction of sp³-hybridized carbons (Fsp3) is 0.667. The summed E-state index contributed by atoms with van der Waals surface area (Å²) in [5, 5.41) is 6.43. The quantitative estimate of drug-likeness (QED) is 0.678. The van der Waals surface area contributed by atoms with E-state index in [1.165, 1.54) is 0 Å². The van der Waals surface area contributed by atoms with Gasteiger partial charge in [0.15, 0.2) is 0 Å². The van der Waals surface area contributed by atoms with E-state index in [4.69, 9.17) is 10.3 Å². The molecule has 1 atom stereocenters. The van der Waals surface area contributed by atoms with E-state index in [9.17, 15) is 0 Å². The maximum atomic E-state index is 5.24. The molecule has 0 aromatic carbocycles. The minimum absolute atomic E-state index is 0.163. The molecule has 0 bridgehead atoms. The summed E-state index contributed by atoms with van der Waals surface area (Å²) in [6.45, 7) is 4.10. The number of nitrogens with zero attached hydrogens (tertiary/aromatic N) is 2. The van der Waals surface area contributed by atoms with Gasteiger partial charge in [0, 0.05) is 6.04 Å². The van der Waals surface area contributed by atoms with Gasteiger partial charge in [-0.25, -0.2) is 0 Å². The molecular formula is C6H12N4O. The maximum absolute atomic E-state index is 5.24. The predicted octanol–water partition coefficient (Wildman–Crippen LogP) is 0.862. The molecule has 0 fully saturated rings. The lowest BCUT2D eigenvalue weighted by Crippen LogP contribution is -2.13. The van der Waals surface area contributed by atoms with E-state index in [1.54, 1.807) is 0 Å². The van der Waals surface area contributed by atoms with Gasteiger partial charge >= 0.3 is 6.01 Å². The highest BCUT2D eigenvalue weighted by Crippen LogP contribution is 2.06. The SMILES string of the molecule is CCC(C)Nc1nc(N)no1. The molecule has 1 rings (SSSR count). The van der Waals surface area contributed by atoms with E-state index in [0.29, 0.717) is 12.1 Å². The number of aromatic nitrogens is 2. The Morgan fingerprint density at radius 2 is 2.45 bits per heavy atom. The third kappa shape index (κ3) is 2.10. The molecule has 1 unspecified atom stereocenters. The molecule has 0 radical (unpaired) electrons. The molecule has 1 heterocycles. The fourth-order valence-electron chi connectivity index (χ4n) is 0.606. The van der Waals surface area contributed by atoms with Gasteiger partial charge in [0.05, 0.1) is 0 Å². The number of hydrogen-bond donors (Lipinski definition) is 2. The third-order valence-electron chi connectivity index (χ3n) is 1.42. The molecule has 5 heteroatoms. The average Bonchev–Trinajstić information content (AvgIpc) is 2.35. The van der Waals surface area contributed by atoms with Gasteiger partial charge in [-0.05, 0) is 18.5 Å². The first-order valence-electron chi connectivity index (χ1n) is 3.58. The summed E-state index contributed by atoms with van der Waals surface area (Å²) in [4.78, 5) is 3.79. The highest BCUT2D eigenvalue weighted by Gasteiger charge is 2.04. The molecule has 0 saturated carbocycles. The van der Waals surface area contributed by atoms with Crippen molar-refractivity contribution in [2.45, 2.75) is 26.3 Å². The summed E-state index contributed by atoms with van der Waals surface area (Å²) < 4.78 is 4.74. The van der Waals surface area contributed by atoms with Gasteiger partial charge in [-0.15, -0.1) is 0 Å². The molecule has 0 aliphatic heterocycles. The summed E-state index contributed by atoms with van der Waals surface area (Å²) in [6.07, 6.45) is 1.00. The van der Waals surface area contributed by atoms with E-state index in [-0.39, 0.29) is 5.95 Å². The zero-order valence-corrected chi connectivity index (χ0v) is 6.66. The Kier molecular flexibility index (Phi) is 2.30. The second kappa shape index (κ2) is 3.23. The Bertz CT molecular complexity index is 222. The molecule has 3 N–H and O–H groups in total. The fourth-order valence-corrected chi connectivity index (χ4v) is 0.606. The van der Waals surface area contributed by atoms with Crippen molar-refractivity contribution >= 4 is 12.0 Å². The first kappa shape index (κ1) is 7.84. The summed E-state index contributed by atoms with van der Waals surface area (Å²) >= 11 is 0. The Morgan fingerprint density at radius 1 is 1.73 bits per heavy atom. The molecule has 0 amide bonds. The molecule has 5 nitrogen and oxygen atoms in total. The minimum Gasteiger partial charge on any atom is -0.365 e. The lowest BCUT2D eigenvalue weighted by atomic mass is 10.3. The van der Waals surface area contributed by atoms with Crippen LogP contribution in [-0.2, 0) is 0 Å². The molecule has 1 aromatic heterocycles. The maximum Gasteiger partial charge on any atom is 0.323 e. The molecular weight excluding hydrogens is 144 g/mol. The predicted molar refractivity (Wildman–Crippen MR) is 42.1 cm³/mol. The minimum atomic E-state index is 0.163. The molecule has 62 valence electrons. The topological polar surface area (TPSA) is 77.0 Å². The van der Waals surface area contributed by atoms with Gasteiger partial charge in [0.25, 0.3) is 5.95 Å². The molecule has 0 aliphatic carbocycles. The highest BCUT2D eigenvalue weighted by atomic mass is 16.5. The van der Waals surface area contributed by atoms with Crippen molar-refractivity contribution in [1.82, 2.24) is 10.1 Å². The monoisotopic (exact) mass is 156 g/mol. The van der Waals surface area contributed by atoms with Gasteiger partial charge in [-0.2, -0.15) is 4.98 Å². The van der Waals surface area contributed by atoms with Gasteiger partial charge in [-0.3, -0.25) is 0 Å². The van der Waals surface area contributed by atoms with Crippen molar-refractivity contribution in [3.8, 4) is 0 Å². The van der Waals surface area contributed by atoms with Gasteiger partial charge in [0.2, 0.25) is 0 Å². The van der Waals surface area contributed by atoms with E-state index in [2.05, 4.69) is 22.4 Å². The normalized spacial score (nSPS) is 12.9. The number of anilines is 2. The van der Waals surface area contributed by atoms with Crippen LogP contribution in [0.15, 0.2) is 4.52 Å². The molecule has 1 aromatic rings. The van der Waals surface area contributed by atoms with Crippen LogP contribution in [0.1, 0.15) is 20.3 Å². The Morgan fingerprint density at radius 3 is 2.91 bits per heavy atom. The van der Waals surface area contributed by atoms with Crippen LogP contribution in [0.25, 0.3) is 0 Å². The first-order chi connectivity index (χ1) is 5.22. The third-order valence-corrected chi connectivity index (χ3v) is 1.42. The van der Waals surface area contributed by atoms with Gasteiger partial charge in [-0.1, -0.05) is 6.92 Å².